The summed E-state index contributed by atoms with van der Waals surface area (Å²) in [7, 11) is 0. The molecule has 0 saturated carbocycles. The molecule has 0 N–H and O–H groups in total. The first kappa shape index (κ1) is 8.62. The molecule has 74 valence electrons. The van der Waals surface area contributed by atoms with Crippen LogP contribution in [0, 0.1) is 0 Å². The van der Waals surface area contributed by atoms with Gasteiger partial charge in [-0.15, -0.1) is 0 Å². The Kier molecular flexibility index (Phi) is 2.00. The average Bonchev–Trinajstić information content (AvgIpc) is 3.11. The maximum absolute atomic E-state index is 5.63. The van der Waals surface area contributed by atoms with Gasteiger partial charge >= 0.3 is 0 Å². The lowest BCUT2D eigenvalue weighted by atomic mass is 10.1. The molecule has 0 amide bonds. The van der Waals surface area contributed by atoms with Crippen LogP contribution in [-0.4, -0.2) is 4.98 Å². The van der Waals surface area contributed by atoms with E-state index in [-0.39, 0.29) is 12.2 Å². The van der Waals surface area contributed by atoms with Crippen LogP contribution in [0.3, 0.4) is 0 Å². The van der Waals surface area contributed by atoms with E-state index in [0.29, 0.717) is 0 Å². The third kappa shape index (κ3) is 1.64. The second kappa shape index (κ2) is 3.48. The van der Waals surface area contributed by atoms with Crippen LogP contribution in [0.1, 0.15) is 23.5 Å². The van der Waals surface area contributed by atoms with Gasteiger partial charge in [0.25, 0.3) is 0 Å². The fourth-order valence-corrected chi connectivity index (χ4v) is 1.78. The van der Waals surface area contributed by atoms with Crippen molar-refractivity contribution < 1.29 is 4.74 Å². The maximum Gasteiger partial charge on any atom is 0.131 e. The molecule has 1 aromatic heterocycles. The lowest BCUT2D eigenvalue weighted by Crippen LogP contribution is -1.86. The van der Waals surface area contributed by atoms with E-state index >= 15 is 0 Å². The Bertz CT molecular complexity index is 397. The first-order valence-corrected chi connectivity index (χ1v) is 5.06. The van der Waals surface area contributed by atoms with Crippen molar-refractivity contribution in [3.05, 3.63) is 66.0 Å². The summed E-state index contributed by atoms with van der Waals surface area (Å²) in [5.41, 5.74) is 2.25. The summed E-state index contributed by atoms with van der Waals surface area (Å²) >= 11 is 0. The summed E-state index contributed by atoms with van der Waals surface area (Å²) in [6.07, 6.45) is 2.15. The SMILES string of the molecule is c1ccc(C2OC2c2ccccn2)cc1. The van der Waals surface area contributed by atoms with Gasteiger partial charge in [-0.25, -0.2) is 0 Å². The number of benzene rings is 1. The molecule has 2 unspecified atom stereocenters. The molecular weight excluding hydrogens is 186 g/mol. The Morgan fingerprint density at radius 1 is 0.867 bits per heavy atom. The molecule has 0 radical (unpaired) electrons. The lowest BCUT2D eigenvalue weighted by Gasteiger charge is -1.94. The monoisotopic (exact) mass is 197 g/mol. The van der Waals surface area contributed by atoms with Gasteiger partial charge in [-0.2, -0.15) is 0 Å². The van der Waals surface area contributed by atoms with E-state index < -0.39 is 0 Å². The van der Waals surface area contributed by atoms with E-state index in [9.17, 15) is 0 Å². The van der Waals surface area contributed by atoms with Gasteiger partial charge in [-0.1, -0.05) is 36.4 Å². The second-order valence-electron chi connectivity index (χ2n) is 3.64. The van der Waals surface area contributed by atoms with Crippen LogP contribution >= 0.6 is 0 Å². The number of epoxide rings is 1. The van der Waals surface area contributed by atoms with E-state index in [1.54, 1.807) is 6.20 Å². The molecule has 0 aliphatic carbocycles. The number of nitrogens with zero attached hydrogens (tertiary/aromatic N) is 1. The van der Waals surface area contributed by atoms with Crippen molar-refractivity contribution in [2.45, 2.75) is 12.2 Å². The van der Waals surface area contributed by atoms with E-state index in [2.05, 4.69) is 17.1 Å². The number of rotatable bonds is 2. The smallest absolute Gasteiger partial charge is 0.131 e. The Labute approximate surface area is 88.5 Å². The summed E-state index contributed by atoms with van der Waals surface area (Å²) in [5, 5.41) is 0. The number of aromatic nitrogens is 1. The molecule has 0 spiro atoms. The number of pyridine rings is 1. The Balaban J connectivity index is 1.81. The van der Waals surface area contributed by atoms with Crippen LogP contribution in [0.2, 0.25) is 0 Å². The fourth-order valence-electron chi connectivity index (χ4n) is 1.78. The van der Waals surface area contributed by atoms with Gasteiger partial charge in [0.2, 0.25) is 0 Å². The molecule has 2 heterocycles. The largest absolute Gasteiger partial charge is 0.358 e. The van der Waals surface area contributed by atoms with Crippen LogP contribution in [0.15, 0.2) is 54.7 Å². The quantitative estimate of drug-likeness (QED) is 0.692. The van der Waals surface area contributed by atoms with Gasteiger partial charge in [-0.3, -0.25) is 4.98 Å². The van der Waals surface area contributed by atoms with Gasteiger partial charge in [0.05, 0.1) is 5.69 Å². The first-order chi connectivity index (χ1) is 7.45. The Morgan fingerprint density at radius 3 is 2.40 bits per heavy atom. The summed E-state index contributed by atoms with van der Waals surface area (Å²) in [6, 6.07) is 16.2. The van der Waals surface area contributed by atoms with Crippen molar-refractivity contribution in [3.63, 3.8) is 0 Å². The highest BCUT2D eigenvalue weighted by Gasteiger charge is 2.42. The molecule has 1 saturated heterocycles. The van der Waals surface area contributed by atoms with Crippen LogP contribution in [0.5, 0.6) is 0 Å². The summed E-state index contributed by atoms with van der Waals surface area (Å²) < 4.78 is 5.63. The third-order valence-corrected chi connectivity index (χ3v) is 2.60. The first-order valence-electron chi connectivity index (χ1n) is 5.06. The summed E-state index contributed by atoms with van der Waals surface area (Å²) in [6.45, 7) is 0. The Hall–Kier alpha value is -1.67. The van der Waals surface area contributed by atoms with Crippen molar-refractivity contribution >= 4 is 0 Å². The van der Waals surface area contributed by atoms with Crippen LogP contribution < -0.4 is 0 Å². The minimum atomic E-state index is 0.147. The molecule has 1 fully saturated rings. The maximum atomic E-state index is 5.63. The average molecular weight is 197 g/mol. The van der Waals surface area contributed by atoms with Gasteiger partial charge < -0.3 is 4.74 Å². The zero-order valence-corrected chi connectivity index (χ0v) is 8.21. The van der Waals surface area contributed by atoms with E-state index in [1.807, 2.05) is 36.4 Å². The van der Waals surface area contributed by atoms with Crippen molar-refractivity contribution in [2.24, 2.45) is 0 Å². The van der Waals surface area contributed by atoms with Gasteiger partial charge in [0.15, 0.2) is 0 Å². The van der Waals surface area contributed by atoms with Crippen molar-refractivity contribution in [1.82, 2.24) is 4.98 Å². The zero-order valence-electron chi connectivity index (χ0n) is 8.21. The molecule has 1 aliphatic rings. The predicted octanol–water partition coefficient (Wildman–Crippen LogP) is 2.89. The predicted molar refractivity (Wildman–Crippen MR) is 57.2 cm³/mol. The normalized spacial score (nSPS) is 23.7. The minimum Gasteiger partial charge on any atom is -0.358 e. The van der Waals surface area contributed by atoms with E-state index in [0.717, 1.165) is 5.69 Å². The number of hydrogen-bond acceptors (Lipinski definition) is 2. The van der Waals surface area contributed by atoms with Gasteiger partial charge in [0, 0.05) is 6.20 Å². The molecule has 2 heteroatoms. The topological polar surface area (TPSA) is 25.4 Å². The fraction of sp³-hybridized carbons (Fsp3) is 0.154. The van der Waals surface area contributed by atoms with E-state index in [1.165, 1.54) is 5.56 Å². The molecule has 1 aromatic carbocycles. The van der Waals surface area contributed by atoms with Crippen molar-refractivity contribution in [1.29, 1.82) is 0 Å². The van der Waals surface area contributed by atoms with Gasteiger partial charge in [-0.05, 0) is 17.7 Å². The molecule has 0 bridgehead atoms. The van der Waals surface area contributed by atoms with Crippen LogP contribution in [0.25, 0.3) is 0 Å². The molecule has 15 heavy (non-hydrogen) atoms. The van der Waals surface area contributed by atoms with Crippen molar-refractivity contribution in [2.75, 3.05) is 0 Å². The molecule has 2 aromatic rings. The zero-order chi connectivity index (χ0) is 10.1. The van der Waals surface area contributed by atoms with E-state index in [4.69, 9.17) is 4.74 Å². The van der Waals surface area contributed by atoms with Crippen LogP contribution in [-0.2, 0) is 4.74 Å². The van der Waals surface area contributed by atoms with Gasteiger partial charge in [0.1, 0.15) is 12.2 Å². The number of hydrogen-bond donors (Lipinski definition) is 0. The summed E-state index contributed by atoms with van der Waals surface area (Å²) in [5.74, 6) is 0. The number of ether oxygens (including phenoxy) is 1. The third-order valence-electron chi connectivity index (χ3n) is 2.60. The summed E-state index contributed by atoms with van der Waals surface area (Å²) in [4.78, 5) is 4.29. The lowest BCUT2D eigenvalue weighted by molar-refractivity contribution is 0.375. The van der Waals surface area contributed by atoms with Crippen LogP contribution in [0.4, 0.5) is 0 Å². The molecular formula is C13H11NO. The standard InChI is InChI=1S/C13H11NO/c1-2-6-10(7-3-1)12-13(15-12)11-8-4-5-9-14-11/h1-9,12-13H. The molecule has 2 nitrogen and oxygen atoms in total. The molecule has 2 atom stereocenters. The second-order valence-corrected chi connectivity index (χ2v) is 3.64. The highest BCUT2D eigenvalue weighted by molar-refractivity contribution is 5.26. The van der Waals surface area contributed by atoms with Crippen molar-refractivity contribution in [3.8, 4) is 0 Å². The highest BCUT2D eigenvalue weighted by Crippen LogP contribution is 2.49. The highest BCUT2D eigenvalue weighted by atomic mass is 16.6. The molecule has 3 rings (SSSR count). The molecule has 1 aliphatic heterocycles. The minimum absolute atomic E-state index is 0.147. The Morgan fingerprint density at radius 2 is 1.67 bits per heavy atom.